The Hall–Kier alpha value is -5.01. The highest BCUT2D eigenvalue weighted by Crippen LogP contribution is 2.31. The molecule has 5 atom stereocenters. The summed E-state index contributed by atoms with van der Waals surface area (Å²) in [5.41, 5.74) is 5.08. The fraction of sp³-hybridized carbons (Fsp3) is 0.256. The number of hydrogen-bond acceptors (Lipinski definition) is 8. The van der Waals surface area contributed by atoms with Crippen molar-refractivity contribution in [2.24, 2.45) is 0 Å². The molecule has 0 aromatic heterocycles. The third-order valence-electron chi connectivity index (χ3n) is 7.37. The molecule has 1 aliphatic rings. The molecule has 0 spiro atoms. The van der Waals surface area contributed by atoms with E-state index in [9.17, 15) is 14.4 Å². The third-order valence-corrected chi connectivity index (χ3v) is 8.27. The van der Waals surface area contributed by atoms with Crippen molar-refractivity contribution in [1.29, 1.82) is 0 Å². The molecule has 1 fully saturated rings. The maximum Gasteiger partial charge on any atom is 0.338 e. The van der Waals surface area contributed by atoms with Crippen LogP contribution < -0.4 is 0 Å². The van der Waals surface area contributed by atoms with Gasteiger partial charge in [-0.15, -0.1) is 5.54 Å². The van der Waals surface area contributed by atoms with Crippen LogP contribution in [-0.2, 0) is 30.3 Å². The van der Waals surface area contributed by atoms with Crippen LogP contribution in [0.3, 0.4) is 0 Å². The highest BCUT2D eigenvalue weighted by atomic mass is 28.3. The number of esters is 3. The lowest BCUT2D eigenvalue weighted by Crippen LogP contribution is -2.62. The van der Waals surface area contributed by atoms with Crippen molar-refractivity contribution < 1.29 is 38.1 Å². The Bertz CT molecular complexity index is 1710. The summed E-state index contributed by atoms with van der Waals surface area (Å²) >= 11 is 0. The topological polar surface area (TPSA) is 97.4 Å². The molecule has 4 aromatic rings. The van der Waals surface area contributed by atoms with E-state index < -0.39 is 56.5 Å². The van der Waals surface area contributed by atoms with E-state index in [-0.39, 0.29) is 29.9 Å². The molecule has 0 aliphatic carbocycles. The molecule has 0 radical (unpaired) electrons. The molecule has 8 nitrogen and oxygen atoms in total. The summed E-state index contributed by atoms with van der Waals surface area (Å²) < 4.78 is 30.9. The van der Waals surface area contributed by atoms with Crippen LogP contribution in [0.4, 0.5) is 0 Å². The normalized spacial score (nSPS) is 20.4. The largest absolute Gasteiger partial charge is 0.452 e. The minimum atomic E-state index is -1.97. The predicted molar refractivity (Wildman–Crippen MR) is 183 cm³/mol. The second-order valence-electron chi connectivity index (χ2n) is 12.3. The zero-order chi connectivity index (χ0) is 33.9. The molecule has 1 saturated heterocycles. The van der Waals surface area contributed by atoms with Gasteiger partial charge in [-0.05, 0) is 42.0 Å². The number of carbonyl (C=O) groups excluding carboxylic acids is 3. The quantitative estimate of drug-likeness (QED) is 0.0819. The van der Waals surface area contributed by atoms with E-state index in [1.807, 2.05) is 30.3 Å². The first-order valence-electron chi connectivity index (χ1n) is 15.8. The van der Waals surface area contributed by atoms with Gasteiger partial charge in [0.25, 0.3) is 0 Å². The van der Waals surface area contributed by atoms with Gasteiger partial charge in [0.2, 0.25) is 0 Å². The van der Waals surface area contributed by atoms with Crippen LogP contribution >= 0.6 is 0 Å². The van der Waals surface area contributed by atoms with Gasteiger partial charge in [0.05, 0.1) is 29.9 Å². The number of benzene rings is 4. The summed E-state index contributed by atoms with van der Waals surface area (Å²) in [5.74, 6) is 1.15. The van der Waals surface area contributed by atoms with Gasteiger partial charge in [-0.3, -0.25) is 0 Å². The van der Waals surface area contributed by atoms with Crippen molar-refractivity contribution in [2.75, 3.05) is 6.61 Å². The molecule has 0 amide bonds. The molecule has 0 bridgehead atoms. The van der Waals surface area contributed by atoms with E-state index in [0.717, 1.165) is 5.56 Å². The molecule has 0 unspecified atom stereocenters. The smallest absolute Gasteiger partial charge is 0.338 e. The summed E-state index contributed by atoms with van der Waals surface area (Å²) in [5, 5.41) is 0. The van der Waals surface area contributed by atoms with Crippen LogP contribution in [0.2, 0.25) is 19.6 Å². The van der Waals surface area contributed by atoms with Crippen molar-refractivity contribution in [3.63, 3.8) is 0 Å². The maximum absolute atomic E-state index is 13.6. The van der Waals surface area contributed by atoms with E-state index >= 15 is 0 Å². The number of hydrogen-bond donors (Lipinski definition) is 0. The van der Waals surface area contributed by atoms with Crippen LogP contribution in [0.25, 0.3) is 0 Å². The van der Waals surface area contributed by atoms with Gasteiger partial charge >= 0.3 is 17.9 Å². The van der Waals surface area contributed by atoms with Crippen molar-refractivity contribution >= 4 is 26.0 Å². The van der Waals surface area contributed by atoms with Gasteiger partial charge in [-0.2, -0.15) is 0 Å². The summed E-state index contributed by atoms with van der Waals surface area (Å²) in [4.78, 5) is 40.7. The third kappa shape index (κ3) is 9.52. The van der Waals surface area contributed by atoms with E-state index in [1.54, 1.807) is 91.0 Å². The van der Waals surface area contributed by atoms with E-state index in [0.29, 0.717) is 0 Å². The Morgan fingerprint density at radius 1 is 0.604 bits per heavy atom. The second-order valence-corrected chi connectivity index (χ2v) is 17.1. The zero-order valence-corrected chi connectivity index (χ0v) is 28.1. The van der Waals surface area contributed by atoms with Crippen LogP contribution in [-0.4, -0.2) is 63.1 Å². The molecule has 1 aliphatic heterocycles. The SMILES string of the molecule is C[Si](C)(C)C#C[C@@H]1O[C@H](COCc2ccccc2)[C@@H](OC(=O)c2ccccc2)[C@H](OC(=O)c2ccccc2)[C@H]1OC(=O)c1ccccc1. The fourth-order valence-electron chi connectivity index (χ4n) is 5.02. The Labute approximate surface area is 282 Å². The Morgan fingerprint density at radius 2 is 1.02 bits per heavy atom. The van der Waals surface area contributed by atoms with Gasteiger partial charge in [-0.25, -0.2) is 14.4 Å². The summed E-state index contributed by atoms with van der Waals surface area (Å²) in [6, 6.07) is 34.9. The first kappa shape index (κ1) is 34.3. The predicted octanol–water partition coefficient (Wildman–Crippen LogP) is 6.53. The lowest BCUT2D eigenvalue weighted by Gasteiger charge is -2.43. The van der Waals surface area contributed by atoms with Crippen molar-refractivity contribution in [3.05, 3.63) is 144 Å². The average molecular weight is 663 g/mol. The molecule has 48 heavy (non-hydrogen) atoms. The number of ether oxygens (including phenoxy) is 5. The van der Waals surface area contributed by atoms with Gasteiger partial charge in [-0.1, -0.05) is 110 Å². The average Bonchev–Trinajstić information content (AvgIpc) is 3.10. The van der Waals surface area contributed by atoms with E-state index in [2.05, 4.69) is 31.1 Å². The lowest BCUT2D eigenvalue weighted by molar-refractivity contribution is -0.219. The molecule has 246 valence electrons. The lowest BCUT2D eigenvalue weighted by atomic mass is 9.94. The van der Waals surface area contributed by atoms with Crippen LogP contribution in [0.15, 0.2) is 121 Å². The Balaban J connectivity index is 1.56. The summed E-state index contributed by atoms with van der Waals surface area (Å²) in [6.45, 7) is 6.44. The summed E-state index contributed by atoms with van der Waals surface area (Å²) in [6.07, 6.45) is -5.77. The summed E-state index contributed by atoms with van der Waals surface area (Å²) in [7, 11) is -1.97. The van der Waals surface area contributed by atoms with Crippen molar-refractivity contribution in [1.82, 2.24) is 0 Å². The highest BCUT2D eigenvalue weighted by Gasteiger charge is 2.52. The standard InChI is InChI=1S/C39H38O8Si/c1-48(2,3)25-24-32-34(45-37(40)29-18-10-5-11-19-29)36(47-39(42)31-22-14-7-15-23-31)35(46-38(41)30-20-12-6-13-21-30)33(44-32)27-43-26-28-16-8-4-9-17-28/h4-23,32-36H,26-27H2,1-3H3/t32-,33+,34-,35+,36+/m0/s1. The fourth-order valence-corrected chi connectivity index (χ4v) is 5.60. The van der Waals surface area contributed by atoms with Gasteiger partial charge in [0.1, 0.15) is 14.2 Å². The minimum absolute atomic E-state index is 0.0362. The van der Waals surface area contributed by atoms with Crippen LogP contribution in [0.1, 0.15) is 36.6 Å². The minimum Gasteiger partial charge on any atom is -0.452 e. The maximum atomic E-state index is 13.6. The molecular weight excluding hydrogens is 625 g/mol. The zero-order valence-electron chi connectivity index (χ0n) is 27.1. The van der Waals surface area contributed by atoms with E-state index in [1.165, 1.54) is 0 Å². The van der Waals surface area contributed by atoms with Crippen LogP contribution in [0.5, 0.6) is 0 Å². The molecule has 9 heteroatoms. The van der Waals surface area contributed by atoms with Gasteiger partial charge < -0.3 is 23.7 Å². The Kier molecular flexibility index (Phi) is 11.6. The second kappa shape index (κ2) is 16.2. The molecular formula is C39H38O8Si. The Morgan fingerprint density at radius 3 is 1.48 bits per heavy atom. The monoisotopic (exact) mass is 662 g/mol. The van der Waals surface area contributed by atoms with Crippen molar-refractivity contribution in [3.8, 4) is 11.5 Å². The van der Waals surface area contributed by atoms with Crippen molar-refractivity contribution in [2.45, 2.75) is 56.8 Å². The number of carbonyl (C=O) groups is 3. The van der Waals surface area contributed by atoms with Crippen LogP contribution in [0, 0.1) is 11.5 Å². The van der Waals surface area contributed by atoms with Gasteiger partial charge in [0.15, 0.2) is 24.4 Å². The van der Waals surface area contributed by atoms with Gasteiger partial charge in [0, 0.05) is 0 Å². The molecule has 0 N–H and O–H groups in total. The molecule has 0 saturated carbocycles. The first-order valence-corrected chi connectivity index (χ1v) is 19.3. The molecule has 4 aromatic carbocycles. The van der Waals surface area contributed by atoms with E-state index in [4.69, 9.17) is 23.7 Å². The highest BCUT2D eigenvalue weighted by molar-refractivity contribution is 6.83. The number of rotatable bonds is 10. The first-order chi connectivity index (χ1) is 23.2. The molecule has 1 heterocycles. The molecule has 5 rings (SSSR count).